The molecule has 1 unspecified atom stereocenters. The van der Waals surface area contributed by atoms with Gasteiger partial charge in [-0.25, -0.2) is 4.57 Å². The molecule has 0 bridgehead atoms. The molecule has 0 saturated heterocycles. The van der Waals surface area contributed by atoms with Crippen molar-refractivity contribution in [2.24, 2.45) is 5.73 Å². The summed E-state index contributed by atoms with van der Waals surface area (Å²) in [5, 5.41) is 8.84. The number of esters is 2. The Morgan fingerprint density at radius 3 is 1.54 bits per heavy atom. The highest BCUT2D eigenvalue weighted by molar-refractivity contribution is 7.47. The van der Waals surface area contributed by atoms with Gasteiger partial charge in [0.05, 0.1) is 13.2 Å². The van der Waals surface area contributed by atoms with Crippen LogP contribution in [0.1, 0.15) is 168 Å². The number of phosphoric ester groups is 1. The number of phosphoric acid groups is 1. The Morgan fingerprint density at radius 1 is 0.625 bits per heavy atom. The lowest BCUT2D eigenvalue weighted by atomic mass is 10.1. The number of hydrogen-bond acceptors (Lipinski definition) is 9. The molecule has 0 saturated carbocycles. The summed E-state index contributed by atoms with van der Waals surface area (Å²) in [5.74, 6) is -2.40. The Bertz CT molecular complexity index is 885. The van der Waals surface area contributed by atoms with E-state index < -0.39 is 51.1 Å². The normalized spacial score (nSPS) is 14.1. The van der Waals surface area contributed by atoms with Crippen LogP contribution in [0, 0.1) is 0 Å². The lowest BCUT2D eigenvalue weighted by molar-refractivity contribution is -0.161. The first kappa shape index (κ1) is 46.2. The minimum absolute atomic E-state index is 0.144. The quantitative estimate of drug-likeness (QED) is 0.0249. The number of hydrogen-bond donors (Lipinski definition) is 3. The topological polar surface area (TPSA) is 172 Å². The molecule has 0 aromatic rings. The molecule has 0 heterocycles. The molecule has 0 aliphatic rings. The van der Waals surface area contributed by atoms with Crippen molar-refractivity contribution in [3.63, 3.8) is 0 Å². The van der Waals surface area contributed by atoms with Crippen molar-refractivity contribution in [3.8, 4) is 0 Å². The molecule has 0 radical (unpaired) electrons. The largest absolute Gasteiger partial charge is 0.480 e. The van der Waals surface area contributed by atoms with E-state index in [0.29, 0.717) is 12.8 Å². The van der Waals surface area contributed by atoms with Crippen LogP contribution < -0.4 is 5.73 Å². The standard InChI is InChI=1S/C36H68NO10P/c1-3-5-7-9-11-13-14-15-16-17-18-20-22-24-26-28-35(39)47-32(30-45-48(42,43)46-31-33(37)36(40)41)29-44-34(38)27-25-23-21-19-12-10-8-6-4-2/h17-18,32-33H,3-16,19-31,37H2,1-2H3,(H,40,41)(H,42,43)/b18-17+/t32-,33-/m0/s1. The molecule has 48 heavy (non-hydrogen) atoms. The Morgan fingerprint density at radius 2 is 1.04 bits per heavy atom. The van der Waals surface area contributed by atoms with Gasteiger partial charge in [0.1, 0.15) is 12.6 Å². The van der Waals surface area contributed by atoms with Crippen molar-refractivity contribution in [3.05, 3.63) is 12.2 Å². The molecule has 12 heteroatoms. The summed E-state index contributed by atoms with van der Waals surface area (Å²) in [6, 6.07) is -1.52. The van der Waals surface area contributed by atoms with Gasteiger partial charge in [0.25, 0.3) is 0 Å². The van der Waals surface area contributed by atoms with Crippen LogP contribution >= 0.6 is 7.82 Å². The first-order valence-electron chi connectivity index (χ1n) is 18.7. The van der Waals surface area contributed by atoms with Gasteiger partial charge < -0.3 is 25.2 Å². The fourth-order valence-corrected chi connectivity index (χ4v) is 5.78. The molecular formula is C36H68NO10P. The smallest absolute Gasteiger partial charge is 0.472 e. The molecular weight excluding hydrogens is 637 g/mol. The number of ether oxygens (including phenoxy) is 2. The van der Waals surface area contributed by atoms with Crippen molar-refractivity contribution < 1.29 is 47.5 Å². The second kappa shape index (κ2) is 32.4. The van der Waals surface area contributed by atoms with Crippen LogP contribution in [0.3, 0.4) is 0 Å². The molecule has 0 spiro atoms. The maximum absolute atomic E-state index is 12.5. The highest BCUT2D eigenvalue weighted by Crippen LogP contribution is 2.43. The van der Waals surface area contributed by atoms with Crippen LogP contribution in [0.2, 0.25) is 0 Å². The maximum atomic E-state index is 12.5. The number of carbonyl (C=O) groups is 3. The number of aliphatic carboxylic acids is 1. The van der Waals surface area contributed by atoms with Crippen molar-refractivity contribution in [2.45, 2.75) is 180 Å². The molecule has 0 aromatic carbocycles. The van der Waals surface area contributed by atoms with Crippen LogP contribution in [0.25, 0.3) is 0 Å². The van der Waals surface area contributed by atoms with E-state index in [9.17, 15) is 23.8 Å². The number of rotatable bonds is 35. The number of allylic oxidation sites excluding steroid dienone is 2. The van der Waals surface area contributed by atoms with Gasteiger partial charge in [0, 0.05) is 12.8 Å². The molecule has 0 rings (SSSR count). The second-order valence-corrected chi connectivity index (χ2v) is 14.2. The minimum Gasteiger partial charge on any atom is -0.480 e. The number of nitrogens with two attached hydrogens (primary N) is 1. The first-order valence-corrected chi connectivity index (χ1v) is 20.2. The van der Waals surface area contributed by atoms with E-state index in [2.05, 4.69) is 30.5 Å². The van der Waals surface area contributed by atoms with Crippen LogP contribution in [0.5, 0.6) is 0 Å². The van der Waals surface area contributed by atoms with Gasteiger partial charge in [-0.05, 0) is 38.5 Å². The Kier molecular flexibility index (Phi) is 31.2. The maximum Gasteiger partial charge on any atom is 0.472 e. The zero-order chi connectivity index (χ0) is 35.7. The van der Waals surface area contributed by atoms with Crippen LogP contribution in [-0.4, -0.2) is 59.9 Å². The molecule has 3 atom stereocenters. The Labute approximate surface area is 290 Å². The van der Waals surface area contributed by atoms with Crippen molar-refractivity contribution in [2.75, 3.05) is 19.8 Å². The van der Waals surface area contributed by atoms with E-state index in [1.54, 1.807) is 0 Å². The van der Waals surface area contributed by atoms with Gasteiger partial charge in [-0.3, -0.25) is 23.4 Å². The van der Waals surface area contributed by atoms with Crippen LogP contribution in [0.4, 0.5) is 0 Å². The molecule has 4 N–H and O–H groups in total. The average molecular weight is 706 g/mol. The van der Waals surface area contributed by atoms with E-state index in [1.807, 2.05) is 0 Å². The van der Waals surface area contributed by atoms with Gasteiger partial charge in [0.15, 0.2) is 6.10 Å². The average Bonchev–Trinajstić information content (AvgIpc) is 3.05. The lowest BCUT2D eigenvalue weighted by Crippen LogP contribution is -2.34. The summed E-state index contributed by atoms with van der Waals surface area (Å²) < 4.78 is 32.5. The monoisotopic (exact) mass is 705 g/mol. The van der Waals surface area contributed by atoms with E-state index in [4.69, 9.17) is 24.8 Å². The second-order valence-electron chi connectivity index (χ2n) is 12.7. The van der Waals surface area contributed by atoms with Gasteiger partial charge in [-0.15, -0.1) is 0 Å². The summed E-state index contributed by atoms with van der Waals surface area (Å²) in [5.41, 5.74) is 5.30. The van der Waals surface area contributed by atoms with Crippen molar-refractivity contribution in [1.29, 1.82) is 0 Å². The summed E-state index contributed by atoms with van der Waals surface area (Å²) >= 11 is 0. The number of carbonyl (C=O) groups excluding carboxylic acids is 2. The van der Waals surface area contributed by atoms with Crippen LogP contribution in [0.15, 0.2) is 12.2 Å². The molecule has 0 aromatic heterocycles. The van der Waals surface area contributed by atoms with Gasteiger partial charge >= 0.3 is 25.7 Å². The third-order valence-corrected chi connectivity index (χ3v) is 8.96. The highest BCUT2D eigenvalue weighted by atomic mass is 31.2. The fraction of sp³-hybridized carbons (Fsp3) is 0.861. The molecule has 11 nitrogen and oxygen atoms in total. The summed E-state index contributed by atoms with van der Waals surface area (Å²) in [6.45, 7) is 2.74. The van der Waals surface area contributed by atoms with Crippen molar-refractivity contribution in [1.82, 2.24) is 0 Å². The Balaban J connectivity index is 4.45. The zero-order valence-corrected chi connectivity index (χ0v) is 31.0. The van der Waals surface area contributed by atoms with Gasteiger partial charge in [0.2, 0.25) is 0 Å². The van der Waals surface area contributed by atoms with E-state index in [-0.39, 0.29) is 19.4 Å². The third-order valence-electron chi connectivity index (χ3n) is 8.01. The minimum atomic E-state index is -4.70. The van der Waals surface area contributed by atoms with E-state index >= 15 is 0 Å². The number of unbranched alkanes of at least 4 members (excludes halogenated alkanes) is 19. The first-order chi connectivity index (χ1) is 23.1. The number of carboxylic acid groups (broad SMARTS) is 1. The third kappa shape index (κ3) is 31.5. The van der Waals surface area contributed by atoms with Gasteiger partial charge in [-0.1, -0.05) is 129 Å². The fourth-order valence-electron chi connectivity index (χ4n) is 5.00. The zero-order valence-electron chi connectivity index (χ0n) is 30.1. The molecule has 0 aliphatic heterocycles. The van der Waals surface area contributed by atoms with E-state index in [0.717, 1.165) is 44.9 Å². The summed E-state index contributed by atoms with van der Waals surface area (Å²) in [6.07, 6.45) is 28.6. The summed E-state index contributed by atoms with van der Waals surface area (Å²) in [7, 11) is -4.70. The molecule has 282 valence electrons. The predicted molar refractivity (Wildman–Crippen MR) is 189 cm³/mol. The lowest BCUT2D eigenvalue weighted by Gasteiger charge is -2.20. The Hall–Kier alpha value is -1.78. The predicted octanol–water partition coefficient (Wildman–Crippen LogP) is 8.95. The van der Waals surface area contributed by atoms with Crippen LogP contribution in [-0.2, 0) is 37.5 Å². The highest BCUT2D eigenvalue weighted by Gasteiger charge is 2.28. The number of carboxylic acids is 1. The van der Waals surface area contributed by atoms with E-state index in [1.165, 1.54) is 83.5 Å². The van der Waals surface area contributed by atoms with Crippen molar-refractivity contribution >= 4 is 25.7 Å². The summed E-state index contributed by atoms with van der Waals surface area (Å²) in [4.78, 5) is 45.6. The SMILES string of the molecule is CCCCCCCCCC/C=C/CCCCCC(=O)O[C@@H](COC(=O)CCCCCCCCCCC)COP(=O)(O)OC[C@H](N)C(=O)O. The molecule has 0 fully saturated rings. The molecule has 0 aliphatic carbocycles. The molecule has 0 amide bonds. The van der Waals surface area contributed by atoms with Gasteiger partial charge in [-0.2, -0.15) is 0 Å².